The molecule has 0 radical (unpaired) electrons. The van der Waals surface area contributed by atoms with Crippen LogP contribution in [0.3, 0.4) is 0 Å². The lowest BCUT2D eigenvalue weighted by molar-refractivity contribution is -0.137. The molecule has 1 unspecified atom stereocenters. The molecule has 1 aromatic rings. The summed E-state index contributed by atoms with van der Waals surface area (Å²) >= 11 is 0. The number of hydrogen-bond donors (Lipinski definition) is 1. The fourth-order valence-electron chi connectivity index (χ4n) is 2.41. The molecule has 1 heterocycles. The molecule has 0 bridgehead atoms. The molecule has 0 saturated heterocycles. The first-order valence-corrected chi connectivity index (χ1v) is 5.81. The summed E-state index contributed by atoms with van der Waals surface area (Å²) in [6.07, 6.45) is 6.30. The Kier molecular flexibility index (Phi) is 2.16. The normalized spacial score (nSPS) is 23.1. The first-order valence-electron chi connectivity index (χ1n) is 5.81. The van der Waals surface area contributed by atoms with Crippen molar-refractivity contribution in [3.05, 3.63) is 23.3 Å². The number of aryl methyl sites for hydroxylation is 1. The van der Waals surface area contributed by atoms with Gasteiger partial charge < -0.3 is 5.11 Å². The molecule has 2 aliphatic rings. The average Bonchev–Trinajstić information content (AvgIpc) is 3.02. The van der Waals surface area contributed by atoms with Gasteiger partial charge in [0.15, 0.2) is 0 Å². The minimum absolute atomic E-state index is 0.126. The Hall–Kier alpha value is -1.45. The van der Waals surface area contributed by atoms with Crippen molar-refractivity contribution in [3.63, 3.8) is 0 Å². The van der Waals surface area contributed by atoms with Crippen molar-refractivity contribution in [2.75, 3.05) is 0 Å². The van der Waals surface area contributed by atoms with Crippen LogP contribution < -0.4 is 0 Å². The zero-order valence-electron chi connectivity index (χ0n) is 9.02. The minimum atomic E-state index is -0.732. The van der Waals surface area contributed by atoms with E-state index in [4.69, 9.17) is 5.11 Å². The highest BCUT2D eigenvalue weighted by molar-refractivity contribution is 5.68. The van der Waals surface area contributed by atoms with Crippen molar-refractivity contribution in [2.45, 2.75) is 43.9 Å². The van der Waals surface area contributed by atoms with E-state index in [9.17, 15) is 4.79 Å². The minimum Gasteiger partial charge on any atom is -0.481 e. The molecule has 1 fully saturated rings. The maximum atomic E-state index is 10.7. The van der Waals surface area contributed by atoms with Crippen LogP contribution in [0.15, 0.2) is 6.20 Å². The van der Waals surface area contributed by atoms with Gasteiger partial charge >= 0.3 is 5.97 Å². The van der Waals surface area contributed by atoms with E-state index < -0.39 is 5.97 Å². The number of fused-ring (bicyclic) bond motifs is 1. The van der Waals surface area contributed by atoms with Crippen LogP contribution in [0.2, 0.25) is 0 Å². The summed E-state index contributed by atoms with van der Waals surface area (Å²) in [6, 6.07) is 0. The molecule has 4 heteroatoms. The van der Waals surface area contributed by atoms with Crippen LogP contribution in [0.4, 0.5) is 0 Å². The summed E-state index contributed by atoms with van der Waals surface area (Å²) in [6.45, 7) is 0. The third-order valence-corrected chi connectivity index (χ3v) is 3.45. The quantitative estimate of drug-likeness (QED) is 0.841. The zero-order valence-corrected chi connectivity index (χ0v) is 9.02. The zero-order chi connectivity index (χ0) is 11.1. The van der Waals surface area contributed by atoms with Gasteiger partial charge in [-0.3, -0.25) is 4.79 Å². The van der Waals surface area contributed by atoms with Crippen LogP contribution in [0, 0.1) is 0 Å². The van der Waals surface area contributed by atoms with Crippen LogP contribution in [-0.4, -0.2) is 21.0 Å². The van der Waals surface area contributed by atoms with Gasteiger partial charge in [0.25, 0.3) is 0 Å². The van der Waals surface area contributed by atoms with Crippen LogP contribution >= 0.6 is 0 Å². The molecule has 1 N–H and O–H groups in total. The molecule has 0 aliphatic heterocycles. The molecule has 0 spiro atoms. The summed E-state index contributed by atoms with van der Waals surface area (Å²) in [5, 5.41) is 8.81. The van der Waals surface area contributed by atoms with Crippen LogP contribution in [0.5, 0.6) is 0 Å². The Bertz CT molecular complexity index is 441. The molecule has 1 saturated carbocycles. The fraction of sp³-hybridized carbons (Fsp3) is 0.583. The molecule has 2 aliphatic carbocycles. The van der Waals surface area contributed by atoms with Gasteiger partial charge in [-0.05, 0) is 37.2 Å². The molecule has 1 atom stereocenters. The van der Waals surface area contributed by atoms with Crippen molar-refractivity contribution in [2.24, 2.45) is 0 Å². The number of carboxylic acids is 1. The first-order chi connectivity index (χ1) is 7.74. The largest absolute Gasteiger partial charge is 0.481 e. The van der Waals surface area contributed by atoms with Gasteiger partial charge in [0, 0.05) is 17.8 Å². The van der Waals surface area contributed by atoms with E-state index in [0.717, 1.165) is 29.9 Å². The Morgan fingerprint density at radius 1 is 1.44 bits per heavy atom. The molecule has 4 nitrogen and oxygen atoms in total. The Balaban J connectivity index is 1.86. The maximum absolute atomic E-state index is 10.7. The van der Waals surface area contributed by atoms with Crippen LogP contribution in [-0.2, 0) is 11.2 Å². The Morgan fingerprint density at radius 2 is 2.25 bits per heavy atom. The van der Waals surface area contributed by atoms with Crippen molar-refractivity contribution in [3.8, 4) is 0 Å². The van der Waals surface area contributed by atoms with Gasteiger partial charge in [0.05, 0.1) is 6.42 Å². The van der Waals surface area contributed by atoms with E-state index in [-0.39, 0.29) is 12.3 Å². The van der Waals surface area contributed by atoms with Crippen LogP contribution in [0.25, 0.3) is 0 Å². The second-order valence-electron chi connectivity index (χ2n) is 4.74. The molecular formula is C12H14N2O2. The predicted octanol–water partition coefficient (Wildman–Crippen LogP) is 1.86. The van der Waals surface area contributed by atoms with Crippen molar-refractivity contribution in [1.29, 1.82) is 0 Å². The molecule has 84 valence electrons. The monoisotopic (exact) mass is 218 g/mol. The lowest BCUT2D eigenvalue weighted by atomic mass is 10.0. The van der Waals surface area contributed by atoms with Gasteiger partial charge in [-0.15, -0.1) is 0 Å². The summed E-state index contributed by atoms with van der Waals surface area (Å²) in [4.78, 5) is 19.6. The molecule has 0 aromatic carbocycles. The Labute approximate surface area is 93.7 Å². The number of hydrogen-bond acceptors (Lipinski definition) is 3. The van der Waals surface area contributed by atoms with E-state index in [1.54, 1.807) is 0 Å². The summed E-state index contributed by atoms with van der Waals surface area (Å²) in [5.74, 6) is 0.934. The number of aliphatic carboxylic acids is 1. The topological polar surface area (TPSA) is 63.1 Å². The van der Waals surface area contributed by atoms with Gasteiger partial charge in [0.1, 0.15) is 5.82 Å². The standard InChI is InChI=1S/C12H14N2O2/c15-11(16)5-8-3-4-10-9(8)6-13-12(14-10)7-1-2-7/h6-8H,1-5H2,(H,15,16). The molecule has 1 aromatic heterocycles. The number of carbonyl (C=O) groups is 1. The van der Waals surface area contributed by atoms with Gasteiger partial charge in [-0.1, -0.05) is 0 Å². The second kappa shape index (κ2) is 3.54. The van der Waals surface area contributed by atoms with E-state index >= 15 is 0 Å². The van der Waals surface area contributed by atoms with Gasteiger partial charge in [-0.25, -0.2) is 9.97 Å². The maximum Gasteiger partial charge on any atom is 0.303 e. The van der Waals surface area contributed by atoms with E-state index in [1.165, 1.54) is 12.8 Å². The summed E-state index contributed by atoms with van der Waals surface area (Å²) in [5.41, 5.74) is 2.15. The molecule has 3 rings (SSSR count). The van der Waals surface area contributed by atoms with Gasteiger partial charge in [-0.2, -0.15) is 0 Å². The molecular weight excluding hydrogens is 204 g/mol. The fourth-order valence-corrected chi connectivity index (χ4v) is 2.41. The van der Waals surface area contributed by atoms with Crippen molar-refractivity contribution < 1.29 is 9.90 Å². The van der Waals surface area contributed by atoms with Crippen LogP contribution in [0.1, 0.15) is 54.6 Å². The van der Waals surface area contributed by atoms with Gasteiger partial charge in [0.2, 0.25) is 0 Å². The SMILES string of the molecule is O=C(O)CC1CCc2nc(C3CC3)ncc21. The third kappa shape index (κ3) is 1.68. The Morgan fingerprint density at radius 3 is 2.94 bits per heavy atom. The van der Waals surface area contributed by atoms with E-state index in [0.29, 0.717) is 5.92 Å². The number of rotatable bonds is 3. The molecule has 0 amide bonds. The summed E-state index contributed by atoms with van der Waals surface area (Å²) < 4.78 is 0. The number of aromatic nitrogens is 2. The smallest absolute Gasteiger partial charge is 0.303 e. The highest BCUT2D eigenvalue weighted by Gasteiger charge is 2.30. The number of nitrogens with zero attached hydrogens (tertiary/aromatic N) is 2. The summed E-state index contributed by atoms with van der Waals surface area (Å²) in [7, 11) is 0. The molecule has 16 heavy (non-hydrogen) atoms. The lowest BCUT2D eigenvalue weighted by Gasteiger charge is -2.07. The lowest BCUT2D eigenvalue weighted by Crippen LogP contribution is -2.04. The number of carboxylic acid groups (broad SMARTS) is 1. The highest BCUT2D eigenvalue weighted by atomic mass is 16.4. The van der Waals surface area contributed by atoms with Crippen molar-refractivity contribution >= 4 is 5.97 Å². The average molecular weight is 218 g/mol. The predicted molar refractivity (Wildman–Crippen MR) is 57.3 cm³/mol. The van der Waals surface area contributed by atoms with E-state index in [1.807, 2.05) is 6.20 Å². The first kappa shape index (κ1) is 9.75. The highest BCUT2D eigenvalue weighted by Crippen LogP contribution is 2.40. The third-order valence-electron chi connectivity index (χ3n) is 3.45. The van der Waals surface area contributed by atoms with Crippen molar-refractivity contribution in [1.82, 2.24) is 9.97 Å². The van der Waals surface area contributed by atoms with E-state index in [2.05, 4.69) is 9.97 Å². The second-order valence-corrected chi connectivity index (χ2v) is 4.74.